The molecule has 0 aromatic carbocycles. The van der Waals surface area contributed by atoms with Crippen LogP contribution in [0.15, 0.2) is 11.6 Å². The van der Waals surface area contributed by atoms with Gasteiger partial charge in [-0.25, -0.2) is 9.97 Å². The number of aryl methyl sites for hydroxylation is 1. The van der Waals surface area contributed by atoms with Gasteiger partial charge in [0.05, 0.1) is 16.9 Å². The molecular formula is C12H13N3OS2. The molecule has 3 rings (SSSR count). The summed E-state index contributed by atoms with van der Waals surface area (Å²) in [5, 5.41) is 6.55. The van der Waals surface area contributed by atoms with Crippen molar-refractivity contribution in [3.8, 4) is 0 Å². The lowest BCUT2D eigenvalue weighted by atomic mass is 10.3. The quantitative estimate of drug-likeness (QED) is 0.934. The van der Waals surface area contributed by atoms with E-state index in [-0.39, 0.29) is 5.91 Å². The van der Waals surface area contributed by atoms with Crippen LogP contribution in [0.25, 0.3) is 0 Å². The molecule has 0 atom stereocenters. The number of hydrogen-bond donors (Lipinski definition) is 1. The Morgan fingerprint density at radius 2 is 2.39 bits per heavy atom. The van der Waals surface area contributed by atoms with E-state index >= 15 is 0 Å². The lowest BCUT2D eigenvalue weighted by Crippen LogP contribution is -2.09. The number of carbonyl (C=O) groups is 1. The Labute approximate surface area is 113 Å². The van der Waals surface area contributed by atoms with E-state index in [0.29, 0.717) is 15.9 Å². The molecule has 0 radical (unpaired) electrons. The number of rotatable bonds is 4. The van der Waals surface area contributed by atoms with Gasteiger partial charge in [0.1, 0.15) is 4.88 Å². The van der Waals surface area contributed by atoms with Gasteiger partial charge in [-0.3, -0.25) is 10.1 Å². The van der Waals surface area contributed by atoms with Gasteiger partial charge >= 0.3 is 0 Å². The first-order chi connectivity index (χ1) is 8.76. The van der Waals surface area contributed by atoms with Crippen molar-refractivity contribution in [2.24, 2.45) is 0 Å². The summed E-state index contributed by atoms with van der Waals surface area (Å²) in [5.74, 6) is 0.519. The topological polar surface area (TPSA) is 54.9 Å². The molecule has 0 saturated heterocycles. The molecule has 6 heteroatoms. The first-order valence-electron chi connectivity index (χ1n) is 5.97. The van der Waals surface area contributed by atoms with Gasteiger partial charge in [0.2, 0.25) is 0 Å². The summed E-state index contributed by atoms with van der Waals surface area (Å²) in [4.78, 5) is 21.2. The van der Waals surface area contributed by atoms with Crippen molar-refractivity contribution in [2.75, 3.05) is 5.32 Å². The molecule has 1 N–H and O–H groups in total. The van der Waals surface area contributed by atoms with E-state index in [1.54, 1.807) is 6.20 Å². The molecule has 0 spiro atoms. The number of anilines is 1. The highest BCUT2D eigenvalue weighted by Crippen LogP contribution is 2.40. The minimum absolute atomic E-state index is 0.108. The molecule has 0 bridgehead atoms. The summed E-state index contributed by atoms with van der Waals surface area (Å²) in [5.41, 5.74) is 1.12. The molecule has 0 aliphatic heterocycles. The molecule has 2 heterocycles. The molecule has 2 aromatic rings. The second kappa shape index (κ2) is 4.78. The number of amides is 1. The van der Waals surface area contributed by atoms with Crippen LogP contribution in [0.5, 0.6) is 0 Å². The molecule has 0 unspecified atom stereocenters. The number of carbonyl (C=O) groups excluding carboxylic acids is 1. The van der Waals surface area contributed by atoms with E-state index in [1.165, 1.54) is 35.5 Å². The van der Waals surface area contributed by atoms with Crippen molar-refractivity contribution in [1.82, 2.24) is 9.97 Å². The summed E-state index contributed by atoms with van der Waals surface area (Å²) < 4.78 is 0. The van der Waals surface area contributed by atoms with Crippen molar-refractivity contribution in [3.05, 3.63) is 27.2 Å². The van der Waals surface area contributed by atoms with E-state index in [0.717, 1.165) is 17.1 Å². The van der Waals surface area contributed by atoms with E-state index < -0.39 is 0 Å². The van der Waals surface area contributed by atoms with Crippen molar-refractivity contribution < 1.29 is 4.79 Å². The second-order valence-corrected chi connectivity index (χ2v) is 6.25. The molecule has 1 saturated carbocycles. The molecule has 18 heavy (non-hydrogen) atoms. The zero-order valence-electron chi connectivity index (χ0n) is 9.97. The smallest absolute Gasteiger partial charge is 0.269 e. The molecule has 1 fully saturated rings. The Hall–Kier alpha value is -1.27. The van der Waals surface area contributed by atoms with Crippen molar-refractivity contribution in [1.29, 1.82) is 0 Å². The first kappa shape index (κ1) is 11.8. The fourth-order valence-electron chi connectivity index (χ4n) is 1.65. The Bertz CT molecular complexity index is 571. The third kappa shape index (κ3) is 2.44. The zero-order chi connectivity index (χ0) is 12.5. The highest BCUT2D eigenvalue weighted by Gasteiger charge is 2.26. The maximum Gasteiger partial charge on any atom is 0.269 e. The van der Waals surface area contributed by atoms with Gasteiger partial charge in [-0.1, -0.05) is 6.92 Å². The molecular weight excluding hydrogens is 266 g/mol. The Morgan fingerprint density at radius 3 is 3.06 bits per heavy atom. The van der Waals surface area contributed by atoms with Crippen LogP contribution in [0.1, 0.15) is 46.1 Å². The zero-order valence-corrected chi connectivity index (χ0v) is 11.6. The fourth-order valence-corrected chi connectivity index (χ4v) is 3.19. The molecule has 94 valence electrons. The molecule has 1 amide bonds. The van der Waals surface area contributed by atoms with E-state index in [1.807, 2.05) is 12.3 Å². The average Bonchev–Trinajstić information content (AvgIpc) is 2.93. The summed E-state index contributed by atoms with van der Waals surface area (Å²) in [6.07, 6.45) is 4.95. The van der Waals surface area contributed by atoms with Crippen LogP contribution >= 0.6 is 22.7 Å². The lowest BCUT2D eigenvalue weighted by Gasteiger charge is -1.97. The van der Waals surface area contributed by atoms with Crippen LogP contribution in [0.3, 0.4) is 0 Å². The first-order valence-corrected chi connectivity index (χ1v) is 7.67. The van der Waals surface area contributed by atoms with Crippen LogP contribution in [0, 0.1) is 0 Å². The molecule has 1 aliphatic rings. The standard InChI is InChI=1S/C12H13N3OS2/c1-2-10-13-5-9(18-10)11(16)15-12-14-8(6-17-12)7-3-4-7/h5-7H,2-4H2,1H3,(H,14,15,16). The maximum atomic E-state index is 12.0. The highest BCUT2D eigenvalue weighted by molar-refractivity contribution is 7.15. The Balaban J connectivity index is 1.68. The van der Waals surface area contributed by atoms with Crippen LogP contribution in [0.2, 0.25) is 0 Å². The number of hydrogen-bond acceptors (Lipinski definition) is 5. The minimum Gasteiger partial charge on any atom is -0.297 e. The summed E-state index contributed by atoms with van der Waals surface area (Å²) in [6.45, 7) is 2.03. The summed E-state index contributed by atoms with van der Waals surface area (Å²) >= 11 is 2.93. The van der Waals surface area contributed by atoms with Gasteiger partial charge in [0.15, 0.2) is 5.13 Å². The molecule has 4 nitrogen and oxygen atoms in total. The molecule has 1 aliphatic carbocycles. The number of nitrogens with zero attached hydrogens (tertiary/aromatic N) is 2. The largest absolute Gasteiger partial charge is 0.297 e. The van der Waals surface area contributed by atoms with Gasteiger partial charge in [0.25, 0.3) is 5.91 Å². The normalized spacial score (nSPS) is 14.7. The minimum atomic E-state index is -0.108. The van der Waals surface area contributed by atoms with Crippen molar-refractivity contribution >= 4 is 33.7 Å². The average molecular weight is 279 g/mol. The number of thiazole rings is 2. The van der Waals surface area contributed by atoms with Gasteiger partial charge in [0, 0.05) is 11.3 Å². The molecule has 2 aromatic heterocycles. The predicted octanol–water partition coefficient (Wildman–Crippen LogP) is 3.29. The summed E-state index contributed by atoms with van der Waals surface area (Å²) in [6, 6.07) is 0. The monoisotopic (exact) mass is 279 g/mol. The third-order valence-corrected chi connectivity index (χ3v) is 4.73. The van der Waals surface area contributed by atoms with Gasteiger partial charge in [-0.05, 0) is 19.3 Å². The van der Waals surface area contributed by atoms with Crippen molar-refractivity contribution in [3.63, 3.8) is 0 Å². The highest BCUT2D eigenvalue weighted by atomic mass is 32.1. The van der Waals surface area contributed by atoms with Gasteiger partial charge in [-0.2, -0.15) is 0 Å². The van der Waals surface area contributed by atoms with Crippen LogP contribution in [-0.4, -0.2) is 15.9 Å². The second-order valence-electron chi connectivity index (χ2n) is 4.28. The van der Waals surface area contributed by atoms with E-state index in [9.17, 15) is 4.79 Å². The maximum absolute atomic E-state index is 12.0. The third-order valence-electron chi connectivity index (χ3n) is 2.82. The Morgan fingerprint density at radius 1 is 1.56 bits per heavy atom. The summed E-state index contributed by atoms with van der Waals surface area (Å²) in [7, 11) is 0. The predicted molar refractivity (Wildman–Crippen MR) is 73.5 cm³/mol. The number of aromatic nitrogens is 2. The van der Waals surface area contributed by atoms with E-state index in [2.05, 4.69) is 15.3 Å². The van der Waals surface area contributed by atoms with Crippen molar-refractivity contribution in [2.45, 2.75) is 32.1 Å². The Kier molecular flexibility index (Phi) is 3.13. The van der Waals surface area contributed by atoms with Gasteiger partial charge in [-0.15, -0.1) is 22.7 Å². The van der Waals surface area contributed by atoms with Crippen LogP contribution in [-0.2, 0) is 6.42 Å². The lowest BCUT2D eigenvalue weighted by molar-refractivity contribution is 0.103. The van der Waals surface area contributed by atoms with Crippen LogP contribution < -0.4 is 5.32 Å². The van der Waals surface area contributed by atoms with Gasteiger partial charge < -0.3 is 0 Å². The fraction of sp³-hybridized carbons (Fsp3) is 0.417. The number of nitrogens with one attached hydrogen (secondary N) is 1. The van der Waals surface area contributed by atoms with Crippen LogP contribution in [0.4, 0.5) is 5.13 Å². The van der Waals surface area contributed by atoms with E-state index in [4.69, 9.17) is 0 Å². The SMILES string of the molecule is CCc1ncc(C(=O)Nc2nc(C3CC3)cs2)s1.